The zero-order chi connectivity index (χ0) is 20.1. The van der Waals surface area contributed by atoms with Crippen LogP contribution in [-0.2, 0) is 4.79 Å². The summed E-state index contributed by atoms with van der Waals surface area (Å²) >= 11 is 5.84. The molecule has 1 aliphatic rings. The van der Waals surface area contributed by atoms with E-state index < -0.39 is 11.7 Å². The summed E-state index contributed by atoms with van der Waals surface area (Å²) in [7, 11) is 0. The normalized spacial score (nSPS) is 14.1. The third-order valence-corrected chi connectivity index (χ3v) is 4.72. The van der Waals surface area contributed by atoms with E-state index in [1.807, 2.05) is 0 Å². The Morgan fingerprint density at radius 3 is 2.50 bits per heavy atom. The van der Waals surface area contributed by atoms with Crippen molar-refractivity contribution < 1.29 is 23.2 Å². The number of hydrogen-bond donors (Lipinski definition) is 1. The van der Waals surface area contributed by atoms with Gasteiger partial charge in [-0.2, -0.15) is 0 Å². The van der Waals surface area contributed by atoms with E-state index >= 15 is 0 Å². The lowest BCUT2D eigenvalue weighted by atomic mass is 10.1. The molecule has 0 atom stereocenters. The largest absolute Gasteiger partial charge is 0.472 e. The molecule has 1 N–H and O–H groups in total. The Kier molecular flexibility index (Phi) is 6.30. The number of furan rings is 1. The fourth-order valence-corrected chi connectivity index (χ4v) is 3.10. The molecule has 28 heavy (non-hydrogen) atoms. The molecule has 3 rings (SSSR count). The summed E-state index contributed by atoms with van der Waals surface area (Å²) in [4.78, 5) is 39.7. The Balaban J connectivity index is 1.45. The second kappa shape index (κ2) is 8.88. The number of carbonyl (C=O) groups excluding carboxylic acids is 3. The third kappa shape index (κ3) is 4.69. The summed E-state index contributed by atoms with van der Waals surface area (Å²) in [5, 5.41) is 2.94. The van der Waals surface area contributed by atoms with Crippen molar-refractivity contribution in [3.05, 3.63) is 58.8 Å². The maximum absolute atomic E-state index is 13.9. The van der Waals surface area contributed by atoms with Gasteiger partial charge >= 0.3 is 0 Å². The van der Waals surface area contributed by atoms with E-state index in [1.54, 1.807) is 4.90 Å². The Bertz CT molecular complexity index is 864. The highest BCUT2D eigenvalue weighted by Crippen LogP contribution is 2.18. The third-order valence-electron chi connectivity index (χ3n) is 4.49. The zero-order valence-corrected chi connectivity index (χ0v) is 15.7. The molecule has 2 aromatic rings. The van der Waals surface area contributed by atoms with E-state index in [0.717, 1.165) is 6.07 Å². The van der Waals surface area contributed by atoms with Crippen LogP contribution in [0.2, 0.25) is 5.02 Å². The zero-order valence-electron chi connectivity index (χ0n) is 15.0. The molecule has 1 aromatic heterocycles. The van der Waals surface area contributed by atoms with Gasteiger partial charge in [-0.05, 0) is 24.3 Å². The molecule has 1 aromatic carbocycles. The average molecular weight is 408 g/mol. The maximum Gasteiger partial charge on any atom is 0.257 e. The van der Waals surface area contributed by atoms with Crippen molar-refractivity contribution in [2.45, 2.75) is 6.42 Å². The van der Waals surface area contributed by atoms with E-state index in [-0.39, 0.29) is 35.4 Å². The van der Waals surface area contributed by atoms with Crippen LogP contribution >= 0.6 is 11.6 Å². The Morgan fingerprint density at radius 1 is 1.11 bits per heavy atom. The fourth-order valence-electron chi connectivity index (χ4n) is 2.93. The van der Waals surface area contributed by atoms with Crippen molar-refractivity contribution in [2.24, 2.45) is 0 Å². The van der Waals surface area contributed by atoms with Crippen LogP contribution in [-0.4, -0.2) is 60.2 Å². The van der Waals surface area contributed by atoms with Crippen LogP contribution < -0.4 is 5.32 Å². The van der Waals surface area contributed by atoms with Crippen molar-refractivity contribution >= 4 is 29.3 Å². The Hall–Kier alpha value is -2.87. The number of hydrogen-bond acceptors (Lipinski definition) is 4. The topological polar surface area (TPSA) is 82.9 Å². The first-order chi connectivity index (χ1) is 13.5. The molecule has 0 unspecified atom stereocenters. The van der Waals surface area contributed by atoms with Crippen LogP contribution in [0.5, 0.6) is 0 Å². The molecule has 0 saturated carbocycles. The van der Waals surface area contributed by atoms with Crippen LogP contribution in [0.3, 0.4) is 0 Å². The molecule has 7 nitrogen and oxygen atoms in total. The quantitative estimate of drug-likeness (QED) is 0.823. The van der Waals surface area contributed by atoms with Crippen molar-refractivity contribution in [1.29, 1.82) is 0 Å². The van der Waals surface area contributed by atoms with Crippen LogP contribution in [0.4, 0.5) is 4.39 Å². The first-order valence-corrected chi connectivity index (χ1v) is 9.16. The van der Waals surface area contributed by atoms with E-state index in [2.05, 4.69) is 5.32 Å². The summed E-state index contributed by atoms with van der Waals surface area (Å²) in [5.41, 5.74) is 0.321. The summed E-state index contributed by atoms with van der Waals surface area (Å²) in [5.74, 6) is -1.49. The minimum Gasteiger partial charge on any atom is -0.472 e. The standard InChI is InChI=1S/C19H19ClFN3O4/c20-14-1-2-16(21)15(11-14)19(27)24-8-6-23(7-9-24)17(25)3-5-22-18(26)13-4-10-28-12-13/h1-2,4,10-12H,3,5-9H2,(H,22,26). The molecule has 2 heterocycles. The molecule has 0 bridgehead atoms. The van der Waals surface area contributed by atoms with Gasteiger partial charge in [-0.1, -0.05) is 11.6 Å². The highest BCUT2D eigenvalue weighted by Gasteiger charge is 2.26. The Labute approximate surface area is 166 Å². The van der Waals surface area contributed by atoms with Crippen LogP contribution in [0.25, 0.3) is 0 Å². The lowest BCUT2D eigenvalue weighted by Gasteiger charge is -2.35. The van der Waals surface area contributed by atoms with E-state index in [0.29, 0.717) is 31.7 Å². The molecule has 148 valence electrons. The van der Waals surface area contributed by atoms with Gasteiger partial charge in [0.25, 0.3) is 11.8 Å². The van der Waals surface area contributed by atoms with E-state index in [4.69, 9.17) is 16.0 Å². The molecule has 3 amide bonds. The number of benzene rings is 1. The van der Waals surface area contributed by atoms with Gasteiger partial charge in [-0.15, -0.1) is 0 Å². The van der Waals surface area contributed by atoms with E-state index in [9.17, 15) is 18.8 Å². The van der Waals surface area contributed by atoms with Gasteiger partial charge in [0.2, 0.25) is 5.91 Å². The van der Waals surface area contributed by atoms with Crippen molar-refractivity contribution in [2.75, 3.05) is 32.7 Å². The lowest BCUT2D eigenvalue weighted by molar-refractivity contribution is -0.132. The molecule has 1 fully saturated rings. The molecule has 0 spiro atoms. The second-order valence-corrected chi connectivity index (χ2v) is 6.75. The number of rotatable bonds is 5. The molecular formula is C19H19ClFN3O4. The number of amides is 3. The summed E-state index contributed by atoms with van der Waals surface area (Å²) < 4.78 is 18.7. The van der Waals surface area contributed by atoms with Gasteiger partial charge < -0.3 is 19.5 Å². The van der Waals surface area contributed by atoms with E-state index in [1.165, 1.54) is 35.6 Å². The molecule has 0 radical (unpaired) electrons. The van der Waals surface area contributed by atoms with Gasteiger partial charge in [0, 0.05) is 44.2 Å². The first kappa shape index (κ1) is 19.9. The van der Waals surface area contributed by atoms with Gasteiger partial charge in [-0.3, -0.25) is 14.4 Å². The van der Waals surface area contributed by atoms with Crippen molar-refractivity contribution in [3.8, 4) is 0 Å². The maximum atomic E-state index is 13.9. The minimum absolute atomic E-state index is 0.0748. The predicted octanol–water partition coefficient (Wildman–Crippen LogP) is 2.18. The second-order valence-electron chi connectivity index (χ2n) is 6.32. The average Bonchev–Trinajstić information content (AvgIpc) is 3.24. The van der Waals surface area contributed by atoms with Gasteiger partial charge in [0.05, 0.1) is 17.4 Å². The van der Waals surface area contributed by atoms with Gasteiger partial charge in [-0.25, -0.2) is 4.39 Å². The number of carbonyl (C=O) groups is 3. The molecular weight excluding hydrogens is 389 g/mol. The summed E-state index contributed by atoms with van der Waals surface area (Å²) in [6.07, 6.45) is 2.88. The van der Waals surface area contributed by atoms with Crippen LogP contribution in [0.1, 0.15) is 27.1 Å². The number of halogens is 2. The fraction of sp³-hybridized carbons (Fsp3) is 0.316. The van der Waals surface area contributed by atoms with Crippen molar-refractivity contribution in [1.82, 2.24) is 15.1 Å². The summed E-state index contributed by atoms with van der Waals surface area (Å²) in [6, 6.07) is 5.39. The monoisotopic (exact) mass is 407 g/mol. The number of nitrogens with one attached hydrogen (secondary N) is 1. The molecule has 0 aliphatic carbocycles. The smallest absolute Gasteiger partial charge is 0.257 e. The van der Waals surface area contributed by atoms with Gasteiger partial charge in [0.15, 0.2) is 0 Å². The SMILES string of the molecule is O=C(NCCC(=O)N1CCN(C(=O)c2cc(Cl)ccc2F)CC1)c1ccoc1. The minimum atomic E-state index is -0.624. The first-order valence-electron chi connectivity index (χ1n) is 8.78. The van der Waals surface area contributed by atoms with Gasteiger partial charge in [0.1, 0.15) is 12.1 Å². The van der Waals surface area contributed by atoms with Crippen molar-refractivity contribution in [3.63, 3.8) is 0 Å². The Morgan fingerprint density at radius 2 is 1.82 bits per heavy atom. The highest BCUT2D eigenvalue weighted by atomic mass is 35.5. The van der Waals surface area contributed by atoms with Crippen LogP contribution in [0.15, 0.2) is 41.2 Å². The molecule has 9 heteroatoms. The molecule has 1 saturated heterocycles. The van der Waals surface area contributed by atoms with Crippen LogP contribution in [0, 0.1) is 5.82 Å². The lowest BCUT2D eigenvalue weighted by Crippen LogP contribution is -2.51. The molecule has 1 aliphatic heterocycles. The highest BCUT2D eigenvalue weighted by molar-refractivity contribution is 6.31. The predicted molar refractivity (Wildman–Crippen MR) is 99.6 cm³/mol. The number of piperazine rings is 1. The summed E-state index contributed by atoms with van der Waals surface area (Å²) in [6.45, 7) is 1.51. The number of nitrogens with zero attached hydrogens (tertiary/aromatic N) is 2.